The first kappa shape index (κ1) is 14.6. The van der Waals surface area contributed by atoms with E-state index in [0.29, 0.717) is 0 Å². The summed E-state index contributed by atoms with van der Waals surface area (Å²) in [5, 5.41) is 2.88. The predicted octanol–water partition coefficient (Wildman–Crippen LogP) is 4.23. The molecule has 21 heavy (non-hydrogen) atoms. The van der Waals surface area contributed by atoms with Crippen LogP contribution >= 0.6 is 15.9 Å². The first-order valence-electron chi connectivity index (χ1n) is 6.64. The zero-order valence-corrected chi connectivity index (χ0v) is 12.7. The van der Waals surface area contributed by atoms with Crippen molar-refractivity contribution in [3.05, 3.63) is 70.2 Å². The molecule has 5 heteroatoms. The molecule has 2 atom stereocenters. The van der Waals surface area contributed by atoms with Gasteiger partial charge in [0, 0.05) is 10.0 Å². The molecule has 1 fully saturated rings. The minimum Gasteiger partial charge on any atom is -0.355 e. The molecule has 2 aromatic rings. The summed E-state index contributed by atoms with van der Waals surface area (Å²) in [5.41, 5.74) is 0.892. The number of alkyl halides is 2. The molecule has 0 radical (unpaired) electrons. The Morgan fingerprint density at radius 2 is 1.71 bits per heavy atom. The Labute approximate surface area is 130 Å². The molecule has 110 valence electrons. The van der Waals surface area contributed by atoms with Crippen LogP contribution in [0.1, 0.15) is 17.2 Å². The molecule has 0 bridgehead atoms. The van der Waals surface area contributed by atoms with Gasteiger partial charge in [-0.05, 0) is 17.7 Å². The van der Waals surface area contributed by atoms with Crippen LogP contribution in [0, 0.1) is 0 Å². The minimum atomic E-state index is -3.08. The van der Waals surface area contributed by atoms with E-state index < -0.39 is 12.2 Å². The van der Waals surface area contributed by atoms with Crippen molar-refractivity contribution in [2.24, 2.45) is 0 Å². The van der Waals surface area contributed by atoms with Crippen LogP contribution in [0.5, 0.6) is 0 Å². The summed E-state index contributed by atoms with van der Waals surface area (Å²) in [6.07, 6.45) is -1.32. The molecular weight excluding hydrogens is 340 g/mol. The highest BCUT2D eigenvalue weighted by Crippen LogP contribution is 2.37. The number of rotatable bonds is 3. The van der Waals surface area contributed by atoms with Crippen molar-refractivity contribution in [2.75, 3.05) is 6.61 Å². The fourth-order valence-electron chi connectivity index (χ4n) is 2.38. The van der Waals surface area contributed by atoms with E-state index in [9.17, 15) is 8.78 Å². The maximum Gasteiger partial charge on any atom is 0.311 e. The Morgan fingerprint density at radius 3 is 2.38 bits per heavy atom. The lowest BCUT2D eigenvalue weighted by molar-refractivity contribution is -0.130. The fourth-order valence-corrected chi connectivity index (χ4v) is 2.65. The van der Waals surface area contributed by atoms with Crippen molar-refractivity contribution in [3.8, 4) is 0 Å². The van der Waals surface area contributed by atoms with Crippen molar-refractivity contribution in [2.45, 2.75) is 18.2 Å². The number of nitrogens with one attached hydrogen (secondary N) is 1. The lowest BCUT2D eigenvalue weighted by atomic mass is 10.1. The molecule has 0 aromatic heterocycles. The van der Waals surface area contributed by atoms with Gasteiger partial charge in [0.2, 0.25) is 0 Å². The Bertz CT molecular complexity index is 603. The molecule has 1 saturated heterocycles. The third kappa shape index (κ3) is 3.00. The maximum atomic E-state index is 14.5. The number of benzene rings is 2. The molecule has 0 amide bonds. The molecule has 1 aliphatic rings. The lowest BCUT2D eigenvalue weighted by Gasteiger charge is -2.23. The molecule has 0 spiro atoms. The van der Waals surface area contributed by atoms with Gasteiger partial charge >= 0.3 is 5.92 Å². The largest absolute Gasteiger partial charge is 0.355 e. The van der Waals surface area contributed by atoms with E-state index in [1.165, 1.54) is 12.1 Å². The Hall–Kier alpha value is -1.30. The Balaban J connectivity index is 1.77. The molecule has 1 N–H and O–H groups in total. The highest BCUT2D eigenvalue weighted by atomic mass is 79.9. The molecule has 2 aromatic carbocycles. The van der Waals surface area contributed by atoms with E-state index in [1.807, 2.05) is 30.3 Å². The van der Waals surface area contributed by atoms with E-state index in [0.717, 1.165) is 10.0 Å². The smallest absolute Gasteiger partial charge is 0.311 e. The van der Waals surface area contributed by atoms with Crippen LogP contribution in [0.25, 0.3) is 0 Å². The Morgan fingerprint density at radius 1 is 1.05 bits per heavy atom. The normalized spacial score (nSPS) is 22.4. The van der Waals surface area contributed by atoms with E-state index in [1.54, 1.807) is 12.1 Å². The topological polar surface area (TPSA) is 21.3 Å². The molecule has 3 rings (SSSR count). The summed E-state index contributed by atoms with van der Waals surface area (Å²) < 4.78 is 35.0. The number of hydrogen-bond acceptors (Lipinski definition) is 2. The standard InChI is InChI=1S/C16H14BrF2NO/c17-13-8-6-12(7-9-13)16(18,19)15-20-14(10-21-15)11-4-2-1-3-5-11/h1-9,14-15,20H,10H2/t14-,15?/m1/s1. The van der Waals surface area contributed by atoms with Crippen molar-refractivity contribution < 1.29 is 13.5 Å². The molecule has 1 aliphatic heterocycles. The Kier molecular flexibility index (Phi) is 4.06. The molecule has 0 saturated carbocycles. The first-order chi connectivity index (χ1) is 10.1. The molecule has 1 unspecified atom stereocenters. The van der Waals surface area contributed by atoms with Gasteiger partial charge in [-0.15, -0.1) is 0 Å². The summed E-state index contributed by atoms with van der Waals surface area (Å²) >= 11 is 3.24. The first-order valence-corrected chi connectivity index (χ1v) is 7.43. The number of halogens is 3. The van der Waals surface area contributed by atoms with Crippen LogP contribution in [-0.2, 0) is 10.7 Å². The third-order valence-corrected chi connectivity index (χ3v) is 4.07. The van der Waals surface area contributed by atoms with Gasteiger partial charge in [-0.2, -0.15) is 8.78 Å². The average Bonchev–Trinajstić information content (AvgIpc) is 2.99. The highest BCUT2D eigenvalue weighted by molar-refractivity contribution is 9.10. The quantitative estimate of drug-likeness (QED) is 0.891. The van der Waals surface area contributed by atoms with Crippen molar-refractivity contribution in [1.29, 1.82) is 0 Å². The average molecular weight is 354 g/mol. The van der Waals surface area contributed by atoms with E-state index in [-0.39, 0.29) is 18.2 Å². The predicted molar refractivity (Wildman–Crippen MR) is 80.1 cm³/mol. The van der Waals surface area contributed by atoms with Gasteiger partial charge in [0.1, 0.15) is 0 Å². The van der Waals surface area contributed by atoms with Gasteiger partial charge in [0.25, 0.3) is 0 Å². The van der Waals surface area contributed by atoms with Crippen molar-refractivity contribution >= 4 is 15.9 Å². The second kappa shape index (κ2) is 5.83. The SMILES string of the molecule is FC(F)(c1ccc(Br)cc1)C1N[C@@H](c2ccccc2)CO1. The monoisotopic (exact) mass is 353 g/mol. The number of ether oxygens (including phenoxy) is 1. The second-order valence-electron chi connectivity index (χ2n) is 4.97. The van der Waals surface area contributed by atoms with E-state index in [4.69, 9.17) is 4.74 Å². The van der Waals surface area contributed by atoms with Gasteiger partial charge in [0.15, 0.2) is 6.23 Å². The fraction of sp³-hybridized carbons (Fsp3) is 0.250. The zero-order valence-electron chi connectivity index (χ0n) is 11.1. The second-order valence-corrected chi connectivity index (χ2v) is 5.89. The van der Waals surface area contributed by atoms with E-state index in [2.05, 4.69) is 21.2 Å². The van der Waals surface area contributed by atoms with Gasteiger partial charge < -0.3 is 4.74 Å². The summed E-state index contributed by atoms with van der Waals surface area (Å²) in [6, 6.07) is 15.3. The van der Waals surface area contributed by atoms with Crippen LogP contribution < -0.4 is 5.32 Å². The summed E-state index contributed by atoms with van der Waals surface area (Å²) in [6.45, 7) is 0.237. The highest BCUT2D eigenvalue weighted by Gasteiger charge is 2.46. The van der Waals surface area contributed by atoms with Crippen LogP contribution in [0.2, 0.25) is 0 Å². The van der Waals surface area contributed by atoms with Crippen molar-refractivity contribution in [3.63, 3.8) is 0 Å². The molecule has 1 heterocycles. The van der Waals surface area contributed by atoms with Gasteiger partial charge in [0.05, 0.1) is 12.6 Å². The molecular formula is C16H14BrF2NO. The van der Waals surface area contributed by atoms with Gasteiger partial charge in [-0.1, -0.05) is 58.4 Å². The maximum absolute atomic E-state index is 14.5. The summed E-state index contributed by atoms with van der Waals surface area (Å²) in [7, 11) is 0. The van der Waals surface area contributed by atoms with E-state index >= 15 is 0 Å². The summed E-state index contributed by atoms with van der Waals surface area (Å²) in [5.74, 6) is -3.08. The van der Waals surface area contributed by atoms with Gasteiger partial charge in [-0.25, -0.2) is 0 Å². The lowest BCUT2D eigenvalue weighted by Crippen LogP contribution is -2.40. The van der Waals surface area contributed by atoms with Gasteiger partial charge in [-0.3, -0.25) is 5.32 Å². The molecule has 0 aliphatic carbocycles. The minimum absolute atomic E-state index is 0.0584. The van der Waals surface area contributed by atoms with Crippen LogP contribution in [0.15, 0.2) is 59.1 Å². The zero-order chi connectivity index (χ0) is 14.9. The molecule has 2 nitrogen and oxygen atoms in total. The van der Waals surface area contributed by atoms with Crippen molar-refractivity contribution in [1.82, 2.24) is 5.32 Å². The third-order valence-electron chi connectivity index (χ3n) is 3.54. The summed E-state index contributed by atoms with van der Waals surface area (Å²) in [4.78, 5) is 0. The van der Waals surface area contributed by atoms with Crippen LogP contribution in [0.3, 0.4) is 0 Å². The number of hydrogen-bond donors (Lipinski definition) is 1. The van der Waals surface area contributed by atoms with Crippen LogP contribution in [0.4, 0.5) is 8.78 Å². The van der Waals surface area contributed by atoms with Crippen LogP contribution in [-0.4, -0.2) is 12.8 Å².